The van der Waals surface area contributed by atoms with Crippen LogP contribution in [0.2, 0.25) is 0 Å². The molecule has 6 rings (SSSR count). The topological polar surface area (TPSA) is 98.3 Å². The van der Waals surface area contributed by atoms with Crippen molar-refractivity contribution in [1.29, 1.82) is 0 Å². The first-order valence-corrected chi connectivity index (χ1v) is 12.5. The average Bonchev–Trinajstić information content (AvgIpc) is 3.33. The number of aromatic nitrogens is 5. The minimum Gasteiger partial charge on any atom is -0.486 e. The van der Waals surface area contributed by atoms with Gasteiger partial charge < -0.3 is 9.84 Å². The van der Waals surface area contributed by atoms with Crippen molar-refractivity contribution in [3.05, 3.63) is 89.0 Å². The van der Waals surface area contributed by atoms with E-state index in [-0.39, 0.29) is 30.4 Å². The molecule has 198 valence electrons. The predicted octanol–water partition coefficient (Wildman–Crippen LogP) is 4.78. The van der Waals surface area contributed by atoms with E-state index in [1.165, 1.54) is 11.8 Å². The summed E-state index contributed by atoms with van der Waals surface area (Å²) in [5.74, 6) is 0.153. The monoisotopic (exact) mass is 514 g/mol. The fourth-order valence-electron chi connectivity index (χ4n) is 5.50. The molecule has 0 saturated heterocycles. The molecule has 0 spiro atoms. The summed E-state index contributed by atoms with van der Waals surface area (Å²) >= 11 is 0. The van der Waals surface area contributed by atoms with Crippen molar-refractivity contribution < 1.29 is 14.6 Å². The van der Waals surface area contributed by atoms with Crippen LogP contribution in [0.1, 0.15) is 72.4 Å². The van der Waals surface area contributed by atoms with Crippen molar-refractivity contribution in [1.82, 2.24) is 29.7 Å². The SMILES string of the molecule is C.Cn1cc([C@@H]2C[C@H]2c2c(C(=O)O)cnn2-c2cccc(CN3Cc4ccccc4OC(C)(C)C3)c2)nn1. The highest BCUT2D eigenvalue weighted by atomic mass is 16.5. The summed E-state index contributed by atoms with van der Waals surface area (Å²) in [6, 6.07) is 16.4. The Bertz CT molecular complexity index is 1470. The van der Waals surface area contributed by atoms with E-state index >= 15 is 0 Å². The Kier molecular flexibility index (Phi) is 6.56. The quantitative estimate of drug-likeness (QED) is 0.395. The van der Waals surface area contributed by atoms with Crippen LogP contribution in [0, 0.1) is 0 Å². The third-order valence-electron chi connectivity index (χ3n) is 7.10. The molecular formula is C29H34N6O3. The van der Waals surface area contributed by atoms with Gasteiger partial charge in [0.25, 0.3) is 0 Å². The van der Waals surface area contributed by atoms with Gasteiger partial charge in [-0.15, -0.1) is 5.10 Å². The summed E-state index contributed by atoms with van der Waals surface area (Å²) in [5, 5.41) is 22.7. The van der Waals surface area contributed by atoms with Gasteiger partial charge in [0.15, 0.2) is 0 Å². The maximum absolute atomic E-state index is 12.1. The number of hydrogen-bond acceptors (Lipinski definition) is 6. The van der Waals surface area contributed by atoms with E-state index in [0.29, 0.717) is 0 Å². The minimum absolute atomic E-state index is 0. The first-order valence-electron chi connectivity index (χ1n) is 12.5. The Morgan fingerprint density at radius 1 is 1.16 bits per heavy atom. The number of aromatic carboxylic acids is 1. The second kappa shape index (κ2) is 9.72. The normalized spacial score (nSPS) is 20.1. The predicted molar refractivity (Wildman–Crippen MR) is 144 cm³/mol. The van der Waals surface area contributed by atoms with Crippen LogP contribution in [0.5, 0.6) is 5.75 Å². The molecule has 2 atom stereocenters. The zero-order valence-electron chi connectivity index (χ0n) is 21.2. The number of para-hydroxylation sites is 1. The lowest BCUT2D eigenvalue weighted by atomic mass is 10.1. The zero-order chi connectivity index (χ0) is 25.7. The number of fused-ring (bicyclic) bond motifs is 1. The van der Waals surface area contributed by atoms with E-state index in [1.807, 2.05) is 43.6 Å². The molecule has 2 aromatic carbocycles. The lowest BCUT2D eigenvalue weighted by Crippen LogP contribution is -2.40. The number of carboxylic acids is 1. The van der Waals surface area contributed by atoms with Gasteiger partial charge in [0.1, 0.15) is 16.9 Å². The van der Waals surface area contributed by atoms with Gasteiger partial charge in [-0.2, -0.15) is 5.10 Å². The molecule has 0 radical (unpaired) electrons. The van der Waals surface area contributed by atoms with Crippen LogP contribution in [0.3, 0.4) is 0 Å². The second-order valence-corrected chi connectivity index (χ2v) is 10.7. The highest BCUT2D eigenvalue weighted by molar-refractivity contribution is 5.89. The van der Waals surface area contributed by atoms with Crippen LogP contribution in [-0.2, 0) is 20.1 Å². The van der Waals surface area contributed by atoms with E-state index in [9.17, 15) is 9.90 Å². The van der Waals surface area contributed by atoms with Gasteiger partial charge in [0.2, 0.25) is 0 Å². The molecule has 1 saturated carbocycles. The number of ether oxygens (including phenoxy) is 1. The number of benzene rings is 2. The Balaban J connectivity index is 0.00000294. The lowest BCUT2D eigenvalue weighted by Gasteiger charge is -2.29. The van der Waals surface area contributed by atoms with Gasteiger partial charge in [-0.3, -0.25) is 9.58 Å². The van der Waals surface area contributed by atoms with Crippen molar-refractivity contribution in [3.63, 3.8) is 0 Å². The van der Waals surface area contributed by atoms with Crippen molar-refractivity contribution in [2.24, 2.45) is 7.05 Å². The smallest absolute Gasteiger partial charge is 0.339 e. The molecule has 38 heavy (non-hydrogen) atoms. The maximum Gasteiger partial charge on any atom is 0.339 e. The molecule has 2 aliphatic rings. The first kappa shape index (κ1) is 25.7. The minimum atomic E-state index is -0.965. The van der Waals surface area contributed by atoms with E-state index in [0.717, 1.165) is 54.4 Å². The molecule has 2 aromatic heterocycles. The van der Waals surface area contributed by atoms with Crippen molar-refractivity contribution in [3.8, 4) is 11.4 Å². The number of aryl methyl sites for hydroxylation is 1. The van der Waals surface area contributed by atoms with Crippen LogP contribution in [0.4, 0.5) is 0 Å². The molecule has 1 fully saturated rings. The van der Waals surface area contributed by atoms with Crippen molar-refractivity contribution >= 4 is 5.97 Å². The van der Waals surface area contributed by atoms with Gasteiger partial charge in [0, 0.05) is 50.3 Å². The summed E-state index contributed by atoms with van der Waals surface area (Å²) in [4.78, 5) is 14.5. The number of carboxylic acid groups (broad SMARTS) is 1. The fraction of sp³-hybridized carbons (Fsp3) is 0.379. The van der Waals surface area contributed by atoms with Crippen molar-refractivity contribution in [2.45, 2.75) is 58.2 Å². The molecule has 0 unspecified atom stereocenters. The summed E-state index contributed by atoms with van der Waals surface area (Å²) in [6.45, 7) is 6.55. The molecule has 9 nitrogen and oxygen atoms in total. The van der Waals surface area contributed by atoms with E-state index in [2.05, 4.69) is 52.4 Å². The standard InChI is InChI=1S/C28H30N6O3.CH4/c1-28(2)17-33(15-19-8-4-5-10-25(19)37-28)14-18-7-6-9-20(11-18)34-26(23(13-29-34)27(35)36)22-12-21(22)24-16-32(3)31-30-24;/h4-11,13,16,21-22H,12,14-15,17H2,1-3H3,(H,35,36);1H4/t21-,22-;/m1./s1. The molecular weight excluding hydrogens is 480 g/mol. The third-order valence-corrected chi connectivity index (χ3v) is 7.10. The van der Waals surface area contributed by atoms with E-state index in [1.54, 1.807) is 9.36 Å². The van der Waals surface area contributed by atoms with Gasteiger partial charge >= 0.3 is 5.97 Å². The van der Waals surface area contributed by atoms with Gasteiger partial charge in [-0.05, 0) is 44.0 Å². The summed E-state index contributed by atoms with van der Waals surface area (Å²) < 4.78 is 9.77. The average molecular weight is 515 g/mol. The van der Waals surface area contributed by atoms with E-state index < -0.39 is 5.97 Å². The van der Waals surface area contributed by atoms with Crippen LogP contribution in [0.15, 0.2) is 60.9 Å². The van der Waals surface area contributed by atoms with Crippen molar-refractivity contribution in [2.75, 3.05) is 6.54 Å². The molecule has 1 N–H and O–H groups in total. The van der Waals surface area contributed by atoms with E-state index in [4.69, 9.17) is 4.74 Å². The molecule has 0 amide bonds. The maximum atomic E-state index is 12.1. The Morgan fingerprint density at radius 2 is 1.97 bits per heavy atom. The first-order chi connectivity index (χ1) is 17.8. The Hall–Kier alpha value is -3.98. The molecule has 1 aliphatic heterocycles. The molecule has 0 bridgehead atoms. The van der Waals surface area contributed by atoms with Crippen LogP contribution in [0.25, 0.3) is 5.69 Å². The number of hydrogen-bond donors (Lipinski definition) is 1. The Morgan fingerprint density at radius 3 is 2.74 bits per heavy atom. The number of carbonyl (C=O) groups is 1. The fourth-order valence-corrected chi connectivity index (χ4v) is 5.50. The lowest BCUT2D eigenvalue weighted by molar-refractivity contribution is 0.0680. The van der Waals surface area contributed by atoms with Crippen LogP contribution in [-0.4, -0.2) is 52.9 Å². The summed E-state index contributed by atoms with van der Waals surface area (Å²) in [5.41, 5.74) is 4.69. The zero-order valence-corrected chi connectivity index (χ0v) is 21.2. The number of nitrogens with zero attached hydrogens (tertiary/aromatic N) is 6. The Labute approximate surface area is 222 Å². The molecule has 9 heteroatoms. The highest BCUT2D eigenvalue weighted by Crippen LogP contribution is 2.55. The molecule has 4 aromatic rings. The van der Waals surface area contributed by atoms with Gasteiger partial charge in [-0.1, -0.05) is 43.0 Å². The van der Waals surface area contributed by atoms with Crippen LogP contribution >= 0.6 is 0 Å². The summed E-state index contributed by atoms with van der Waals surface area (Å²) in [6.07, 6.45) is 4.19. The van der Waals surface area contributed by atoms with Gasteiger partial charge in [-0.25, -0.2) is 9.48 Å². The summed E-state index contributed by atoms with van der Waals surface area (Å²) in [7, 11) is 1.84. The van der Waals surface area contributed by atoms with Crippen LogP contribution < -0.4 is 4.74 Å². The molecule has 3 heterocycles. The van der Waals surface area contributed by atoms with Gasteiger partial charge in [0.05, 0.1) is 23.3 Å². The third kappa shape index (κ3) is 4.93. The highest BCUT2D eigenvalue weighted by Gasteiger charge is 2.46. The second-order valence-electron chi connectivity index (χ2n) is 10.7. The molecule has 1 aliphatic carbocycles. The number of rotatable bonds is 6. The largest absolute Gasteiger partial charge is 0.486 e.